The van der Waals surface area contributed by atoms with Crippen LogP contribution in [0.2, 0.25) is 10.0 Å². The summed E-state index contributed by atoms with van der Waals surface area (Å²) in [7, 11) is 0. The highest BCUT2D eigenvalue weighted by molar-refractivity contribution is 8.39. The summed E-state index contributed by atoms with van der Waals surface area (Å²) in [6, 6.07) is 13.0. The molecule has 1 atom stereocenters. The fourth-order valence-electron chi connectivity index (χ4n) is 2.10. The van der Waals surface area contributed by atoms with Gasteiger partial charge in [0.25, 0.3) is 0 Å². The topological polar surface area (TPSA) is 41.5 Å². The van der Waals surface area contributed by atoms with Crippen LogP contribution in [-0.2, 0) is 10.5 Å². The molecule has 1 aliphatic rings. The monoisotopic (exact) mass is 396 g/mol. The smallest absolute Gasteiger partial charge is 0.237 e. The Morgan fingerprint density at radius 1 is 1.29 bits per heavy atom. The molecule has 0 spiro atoms. The Kier molecular flexibility index (Phi) is 5.76. The number of halogens is 2. The van der Waals surface area contributed by atoms with Crippen molar-refractivity contribution in [2.75, 3.05) is 5.32 Å². The van der Waals surface area contributed by atoms with Gasteiger partial charge in [-0.1, -0.05) is 64.9 Å². The first-order chi connectivity index (χ1) is 11.5. The minimum Gasteiger partial charge on any atom is -0.324 e. The highest BCUT2D eigenvalue weighted by atomic mass is 35.5. The second-order valence-corrected chi connectivity index (χ2v) is 8.56. The summed E-state index contributed by atoms with van der Waals surface area (Å²) in [4.78, 5) is 17.0. The van der Waals surface area contributed by atoms with Crippen LogP contribution in [0.4, 0.5) is 11.4 Å². The Hall–Kier alpha value is -1.14. The molecule has 1 heterocycles. The minimum atomic E-state index is -0.295. The molecule has 7 heteroatoms. The van der Waals surface area contributed by atoms with E-state index in [9.17, 15) is 4.79 Å². The molecule has 2 aromatic rings. The van der Waals surface area contributed by atoms with Crippen LogP contribution in [-0.4, -0.2) is 15.5 Å². The van der Waals surface area contributed by atoms with Crippen LogP contribution < -0.4 is 5.32 Å². The van der Waals surface area contributed by atoms with E-state index in [1.165, 1.54) is 17.3 Å². The molecule has 1 amide bonds. The van der Waals surface area contributed by atoms with E-state index in [0.717, 1.165) is 15.8 Å². The fourth-order valence-corrected chi connectivity index (χ4v) is 4.63. The normalized spacial score (nSPS) is 14.5. The van der Waals surface area contributed by atoms with Gasteiger partial charge in [0.15, 0.2) is 0 Å². The number of hydrogen-bond donors (Lipinski definition) is 1. The number of anilines is 1. The predicted octanol–water partition coefficient (Wildman–Crippen LogP) is 5.99. The minimum absolute atomic E-state index is 0.133. The number of thioether (sulfide) groups is 2. The van der Waals surface area contributed by atoms with Crippen molar-refractivity contribution < 1.29 is 4.79 Å². The second kappa shape index (κ2) is 7.83. The Balaban J connectivity index is 1.67. The predicted molar refractivity (Wildman–Crippen MR) is 107 cm³/mol. The summed E-state index contributed by atoms with van der Waals surface area (Å²) >= 11 is 15.1. The molecule has 0 saturated heterocycles. The number of nitrogens with zero attached hydrogens (tertiary/aromatic N) is 1. The van der Waals surface area contributed by atoms with Gasteiger partial charge in [-0.15, -0.1) is 0 Å². The number of carbonyl (C=O) groups excluding carboxylic acids is 1. The highest BCUT2D eigenvalue weighted by Gasteiger charge is 2.20. The maximum Gasteiger partial charge on any atom is 0.237 e. The van der Waals surface area contributed by atoms with E-state index in [2.05, 4.69) is 16.4 Å². The maximum absolute atomic E-state index is 12.4. The molecule has 0 bridgehead atoms. The molecule has 0 aliphatic carbocycles. The lowest BCUT2D eigenvalue weighted by molar-refractivity contribution is -0.115. The molecule has 1 N–H and O–H groups in total. The summed E-state index contributed by atoms with van der Waals surface area (Å²) < 4.78 is 0.897. The lowest BCUT2D eigenvalue weighted by atomic mass is 10.2. The number of aliphatic imine (C=N–C) groups is 1. The molecular weight excluding hydrogens is 383 g/mol. The number of benzene rings is 2. The lowest BCUT2D eigenvalue weighted by Crippen LogP contribution is -2.23. The third kappa shape index (κ3) is 4.28. The molecule has 2 aromatic carbocycles. The number of fused-ring (bicyclic) bond motifs is 1. The van der Waals surface area contributed by atoms with Gasteiger partial charge in [-0.25, -0.2) is 4.99 Å². The molecule has 1 aliphatic heterocycles. The quantitative estimate of drug-likeness (QED) is 0.692. The molecule has 3 rings (SSSR count). The summed E-state index contributed by atoms with van der Waals surface area (Å²) in [6.07, 6.45) is 0. The molecule has 0 saturated carbocycles. The maximum atomic E-state index is 12.4. The van der Waals surface area contributed by atoms with Gasteiger partial charge in [-0.2, -0.15) is 0 Å². The number of hydrogen-bond acceptors (Lipinski definition) is 4. The molecule has 0 aromatic heterocycles. The van der Waals surface area contributed by atoms with Crippen molar-refractivity contribution in [3.8, 4) is 0 Å². The molecule has 3 nitrogen and oxygen atoms in total. The highest BCUT2D eigenvalue weighted by Crippen LogP contribution is 2.36. The van der Waals surface area contributed by atoms with Gasteiger partial charge >= 0.3 is 0 Å². The second-order valence-electron chi connectivity index (χ2n) is 5.17. The van der Waals surface area contributed by atoms with E-state index in [0.29, 0.717) is 15.7 Å². The van der Waals surface area contributed by atoms with Crippen LogP contribution in [0.25, 0.3) is 0 Å². The van der Waals surface area contributed by atoms with Crippen molar-refractivity contribution in [1.29, 1.82) is 0 Å². The zero-order chi connectivity index (χ0) is 17.1. The summed E-state index contributed by atoms with van der Waals surface area (Å²) in [6.45, 7) is 1.85. The molecule has 0 fully saturated rings. The van der Waals surface area contributed by atoms with E-state index < -0.39 is 0 Å². The van der Waals surface area contributed by atoms with Crippen LogP contribution in [0.3, 0.4) is 0 Å². The molecular formula is C17H14Cl2N2OS2. The van der Waals surface area contributed by atoms with Gasteiger partial charge < -0.3 is 5.32 Å². The molecule has 1 unspecified atom stereocenters. The Bertz CT molecular complexity index is 811. The van der Waals surface area contributed by atoms with E-state index in [1.54, 1.807) is 30.0 Å². The number of rotatable bonds is 3. The van der Waals surface area contributed by atoms with Crippen LogP contribution in [0.15, 0.2) is 47.5 Å². The summed E-state index contributed by atoms with van der Waals surface area (Å²) in [5.74, 6) is 0.738. The van der Waals surface area contributed by atoms with Gasteiger partial charge in [0.1, 0.15) is 4.38 Å². The van der Waals surface area contributed by atoms with E-state index in [-0.39, 0.29) is 11.2 Å². The van der Waals surface area contributed by atoms with Gasteiger partial charge in [0.05, 0.1) is 21.6 Å². The number of amides is 1. The van der Waals surface area contributed by atoms with Crippen molar-refractivity contribution in [3.63, 3.8) is 0 Å². The Morgan fingerprint density at radius 2 is 2.08 bits per heavy atom. The lowest BCUT2D eigenvalue weighted by Gasteiger charge is -2.17. The van der Waals surface area contributed by atoms with Crippen LogP contribution in [0.5, 0.6) is 0 Å². The largest absolute Gasteiger partial charge is 0.324 e. The Morgan fingerprint density at radius 3 is 2.92 bits per heavy atom. The Labute approximate surface area is 159 Å². The van der Waals surface area contributed by atoms with E-state index >= 15 is 0 Å². The van der Waals surface area contributed by atoms with Gasteiger partial charge in [-0.05, 0) is 36.8 Å². The van der Waals surface area contributed by atoms with Crippen molar-refractivity contribution in [2.24, 2.45) is 4.99 Å². The van der Waals surface area contributed by atoms with Crippen molar-refractivity contribution in [3.05, 3.63) is 58.1 Å². The van der Waals surface area contributed by atoms with E-state index in [1.807, 2.05) is 25.1 Å². The fraction of sp³-hybridized carbons (Fsp3) is 0.176. The third-order valence-corrected chi connectivity index (χ3v) is 6.25. The first kappa shape index (κ1) is 17.7. The first-order valence-electron chi connectivity index (χ1n) is 7.25. The zero-order valence-electron chi connectivity index (χ0n) is 12.8. The van der Waals surface area contributed by atoms with Crippen LogP contribution >= 0.6 is 46.7 Å². The summed E-state index contributed by atoms with van der Waals surface area (Å²) in [5, 5.41) is 3.51. The van der Waals surface area contributed by atoms with Gasteiger partial charge in [-0.3, -0.25) is 4.79 Å². The standard InChI is InChI=1S/C17H14Cl2N2OS2/c1-10(16(22)20-15-8-12(18)6-7-13(15)19)24-17-21-14-5-3-2-4-11(14)9-23-17/h2-8,10H,9H2,1H3,(H,20,22). The third-order valence-electron chi connectivity index (χ3n) is 3.39. The van der Waals surface area contributed by atoms with Crippen molar-refractivity contribution in [2.45, 2.75) is 17.9 Å². The first-order valence-corrected chi connectivity index (χ1v) is 9.87. The number of para-hydroxylation sites is 1. The number of nitrogens with one attached hydrogen (secondary N) is 1. The zero-order valence-corrected chi connectivity index (χ0v) is 15.9. The number of carbonyl (C=O) groups is 1. The van der Waals surface area contributed by atoms with Gasteiger partial charge in [0, 0.05) is 10.8 Å². The van der Waals surface area contributed by atoms with Crippen LogP contribution in [0.1, 0.15) is 12.5 Å². The average molecular weight is 397 g/mol. The van der Waals surface area contributed by atoms with E-state index in [4.69, 9.17) is 23.2 Å². The SMILES string of the molecule is CC(SC1=Nc2ccccc2CS1)C(=O)Nc1cc(Cl)ccc1Cl. The van der Waals surface area contributed by atoms with Crippen molar-refractivity contribution >= 4 is 68.4 Å². The average Bonchev–Trinajstić information content (AvgIpc) is 2.58. The molecule has 24 heavy (non-hydrogen) atoms. The van der Waals surface area contributed by atoms with Crippen molar-refractivity contribution in [1.82, 2.24) is 0 Å². The molecule has 0 radical (unpaired) electrons. The summed E-state index contributed by atoms with van der Waals surface area (Å²) in [5.41, 5.74) is 2.71. The van der Waals surface area contributed by atoms with Gasteiger partial charge in [0.2, 0.25) is 5.91 Å². The molecule has 124 valence electrons. The van der Waals surface area contributed by atoms with Crippen LogP contribution in [0, 0.1) is 0 Å².